The van der Waals surface area contributed by atoms with Crippen LogP contribution in [0.3, 0.4) is 0 Å². The highest BCUT2D eigenvalue weighted by molar-refractivity contribution is 5.32. The molecule has 1 unspecified atom stereocenters. The molecule has 0 amide bonds. The van der Waals surface area contributed by atoms with Crippen LogP contribution in [0.15, 0.2) is 11.1 Å². The van der Waals surface area contributed by atoms with Gasteiger partial charge in [-0.05, 0) is 25.7 Å². The summed E-state index contributed by atoms with van der Waals surface area (Å²) in [6.45, 7) is 6.85. The standard InChI is InChI=1S/C9H16/c1-4-7(2)5-9-6-8(9)3/h7H,4-6H2,1-3H3. The van der Waals surface area contributed by atoms with E-state index in [2.05, 4.69) is 20.8 Å². The highest BCUT2D eigenvalue weighted by Gasteiger charge is 2.17. The fourth-order valence-electron chi connectivity index (χ4n) is 1.09. The molecule has 0 saturated carbocycles. The maximum absolute atomic E-state index is 2.33. The maximum atomic E-state index is 2.33. The molecule has 0 aliphatic heterocycles. The molecule has 0 aromatic carbocycles. The summed E-state index contributed by atoms with van der Waals surface area (Å²) >= 11 is 0. The van der Waals surface area contributed by atoms with Crippen molar-refractivity contribution in [2.45, 2.75) is 40.0 Å². The summed E-state index contributed by atoms with van der Waals surface area (Å²) in [7, 11) is 0. The Morgan fingerprint density at radius 3 is 2.44 bits per heavy atom. The van der Waals surface area contributed by atoms with Crippen LogP contribution in [-0.2, 0) is 0 Å². The van der Waals surface area contributed by atoms with E-state index in [1.165, 1.54) is 19.3 Å². The van der Waals surface area contributed by atoms with Gasteiger partial charge < -0.3 is 0 Å². The molecular weight excluding hydrogens is 108 g/mol. The van der Waals surface area contributed by atoms with Gasteiger partial charge in [0.05, 0.1) is 0 Å². The van der Waals surface area contributed by atoms with Crippen molar-refractivity contribution in [1.29, 1.82) is 0 Å². The van der Waals surface area contributed by atoms with Crippen LogP contribution in [0.5, 0.6) is 0 Å². The van der Waals surface area contributed by atoms with Crippen molar-refractivity contribution < 1.29 is 0 Å². The summed E-state index contributed by atoms with van der Waals surface area (Å²) in [5.41, 5.74) is 3.37. The fraction of sp³-hybridized carbons (Fsp3) is 0.778. The zero-order valence-corrected chi connectivity index (χ0v) is 6.70. The fourth-order valence-corrected chi connectivity index (χ4v) is 1.09. The molecule has 52 valence electrons. The lowest BCUT2D eigenvalue weighted by atomic mass is 10.0. The Morgan fingerprint density at radius 1 is 1.56 bits per heavy atom. The molecule has 1 aliphatic rings. The first-order valence-electron chi connectivity index (χ1n) is 3.91. The van der Waals surface area contributed by atoms with Gasteiger partial charge in [0.2, 0.25) is 0 Å². The number of hydrogen-bond acceptors (Lipinski definition) is 0. The zero-order chi connectivity index (χ0) is 6.85. The first-order chi connectivity index (χ1) is 4.24. The normalized spacial score (nSPS) is 20.3. The van der Waals surface area contributed by atoms with Crippen molar-refractivity contribution in [3.05, 3.63) is 11.1 Å². The van der Waals surface area contributed by atoms with Gasteiger partial charge in [0.1, 0.15) is 0 Å². The SMILES string of the molecule is CCC(C)CC1=C(C)C1. The van der Waals surface area contributed by atoms with Crippen molar-refractivity contribution in [2.24, 2.45) is 5.92 Å². The molecule has 0 heterocycles. The van der Waals surface area contributed by atoms with Crippen molar-refractivity contribution in [2.75, 3.05) is 0 Å². The summed E-state index contributed by atoms with van der Waals surface area (Å²) in [5, 5.41) is 0. The Labute approximate surface area is 58.0 Å². The van der Waals surface area contributed by atoms with Crippen molar-refractivity contribution in [1.82, 2.24) is 0 Å². The average Bonchev–Trinajstić information content (AvgIpc) is 2.47. The lowest BCUT2D eigenvalue weighted by Gasteiger charge is -2.02. The number of allylic oxidation sites excluding steroid dienone is 2. The Hall–Kier alpha value is -0.260. The van der Waals surface area contributed by atoms with Crippen molar-refractivity contribution >= 4 is 0 Å². The second kappa shape index (κ2) is 2.55. The third kappa shape index (κ3) is 1.85. The van der Waals surface area contributed by atoms with Gasteiger partial charge in [0, 0.05) is 0 Å². The van der Waals surface area contributed by atoms with E-state index in [9.17, 15) is 0 Å². The van der Waals surface area contributed by atoms with Crippen LogP contribution in [0.2, 0.25) is 0 Å². The molecule has 0 spiro atoms. The van der Waals surface area contributed by atoms with E-state index >= 15 is 0 Å². The molecule has 0 radical (unpaired) electrons. The van der Waals surface area contributed by atoms with Crippen LogP contribution < -0.4 is 0 Å². The minimum Gasteiger partial charge on any atom is -0.0697 e. The van der Waals surface area contributed by atoms with E-state index < -0.39 is 0 Å². The van der Waals surface area contributed by atoms with Gasteiger partial charge in [-0.15, -0.1) is 0 Å². The molecule has 0 fully saturated rings. The molecule has 0 nitrogen and oxygen atoms in total. The topological polar surface area (TPSA) is 0 Å². The highest BCUT2D eigenvalue weighted by Crippen LogP contribution is 2.35. The van der Waals surface area contributed by atoms with Crippen molar-refractivity contribution in [3.63, 3.8) is 0 Å². The highest BCUT2D eigenvalue weighted by atomic mass is 14.2. The third-order valence-electron chi connectivity index (χ3n) is 2.25. The number of hydrogen-bond donors (Lipinski definition) is 0. The molecule has 1 atom stereocenters. The summed E-state index contributed by atoms with van der Waals surface area (Å²) < 4.78 is 0. The summed E-state index contributed by atoms with van der Waals surface area (Å²) in [5.74, 6) is 0.914. The van der Waals surface area contributed by atoms with E-state index in [0.717, 1.165) is 5.92 Å². The maximum Gasteiger partial charge on any atom is -0.0106 e. The Kier molecular flexibility index (Phi) is 1.94. The minimum absolute atomic E-state index is 0.914. The largest absolute Gasteiger partial charge is 0.0697 e. The number of rotatable bonds is 3. The van der Waals surface area contributed by atoms with Gasteiger partial charge in [0.25, 0.3) is 0 Å². The van der Waals surface area contributed by atoms with Crippen LogP contribution >= 0.6 is 0 Å². The average molecular weight is 124 g/mol. The third-order valence-corrected chi connectivity index (χ3v) is 2.25. The predicted molar refractivity (Wildman–Crippen MR) is 41.4 cm³/mol. The van der Waals surface area contributed by atoms with Crippen molar-refractivity contribution in [3.8, 4) is 0 Å². The molecular formula is C9H16. The molecule has 1 aliphatic carbocycles. The molecule has 0 heteroatoms. The Morgan fingerprint density at radius 2 is 2.11 bits per heavy atom. The van der Waals surface area contributed by atoms with Crippen LogP contribution in [0, 0.1) is 5.92 Å². The summed E-state index contributed by atoms with van der Waals surface area (Å²) in [4.78, 5) is 0. The van der Waals surface area contributed by atoms with Crippen LogP contribution in [0.4, 0.5) is 0 Å². The molecule has 0 aromatic rings. The van der Waals surface area contributed by atoms with E-state index in [4.69, 9.17) is 0 Å². The van der Waals surface area contributed by atoms with Gasteiger partial charge in [-0.1, -0.05) is 31.4 Å². The minimum atomic E-state index is 0.914. The summed E-state index contributed by atoms with van der Waals surface area (Å²) in [6, 6.07) is 0. The second-order valence-corrected chi connectivity index (χ2v) is 3.28. The lowest BCUT2D eigenvalue weighted by molar-refractivity contribution is 0.563. The molecule has 0 N–H and O–H groups in total. The quantitative estimate of drug-likeness (QED) is 0.507. The smallest absolute Gasteiger partial charge is 0.0106 e. The monoisotopic (exact) mass is 124 g/mol. The molecule has 0 bridgehead atoms. The molecule has 0 aromatic heterocycles. The zero-order valence-electron chi connectivity index (χ0n) is 6.70. The van der Waals surface area contributed by atoms with Crippen LogP contribution in [0.25, 0.3) is 0 Å². The van der Waals surface area contributed by atoms with E-state index in [1.807, 2.05) is 0 Å². The first kappa shape index (κ1) is 6.85. The Balaban J connectivity index is 2.19. The molecule has 9 heavy (non-hydrogen) atoms. The van der Waals surface area contributed by atoms with E-state index in [1.54, 1.807) is 11.1 Å². The predicted octanol–water partition coefficient (Wildman–Crippen LogP) is 3.14. The molecule has 0 saturated heterocycles. The van der Waals surface area contributed by atoms with E-state index in [-0.39, 0.29) is 0 Å². The Bertz CT molecular complexity index is 131. The first-order valence-corrected chi connectivity index (χ1v) is 3.91. The second-order valence-electron chi connectivity index (χ2n) is 3.28. The van der Waals surface area contributed by atoms with Gasteiger partial charge in [-0.2, -0.15) is 0 Å². The van der Waals surface area contributed by atoms with Gasteiger partial charge in [-0.3, -0.25) is 0 Å². The van der Waals surface area contributed by atoms with Crippen LogP contribution in [0.1, 0.15) is 40.0 Å². The van der Waals surface area contributed by atoms with Gasteiger partial charge >= 0.3 is 0 Å². The van der Waals surface area contributed by atoms with Gasteiger partial charge in [-0.25, -0.2) is 0 Å². The van der Waals surface area contributed by atoms with Gasteiger partial charge in [0.15, 0.2) is 0 Å². The lowest BCUT2D eigenvalue weighted by Crippen LogP contribution is -1.88. The molecule has 1 rings (SSSR count). The van der Waals surface area contributed by atoms with Crippen LogP contribution in [-0.4, -0.2) is 0 Å². The summed E-state index contributed by atoms with van der Waals surface area (Å²) in [6.07, 6.45) is 4.03. The van der Waals surface area contributed by atoms with E-state index in [0.29, 0.717) is 0 Å².